The smallest absolute Gasteiger partial charge is 0.243 e. The van der Waals surface area contributed by atoms with E-state index in [4.69, 9.17) is 9.40 Å². The fraction of sp³-hybridized carbons (Fsp3) is 0.238. The van der Waals surface area contributed by atoms with Crippen molar-refractivity contribution >= 4 is 21.2 Å². The molecule has 0 amide bonds. The maximum atomic E-state index is 13.1. The topological polar surface area (TPSA) is 81.2 Å². The van der Waals surface area contributed by atoms with Gasteiger partial charge in [-0.3, -0.25) is 0 Å². The fourth-order valence-corrected chi connectivity index (χ4v) is 5.36. The highest BCUT2D eigenvalue weighted by Crippen LogP contribution is 2.34. The first-order valence-electron chi connectivity index (χ1n) is 9.46. The van der Waals surface area contributed by atoms with E-state index in [0.717, 1.165) is 28.1 Å². The van der Waals surface area contributed by atoms with Gasteiger partial charge in [0.15, 0.2) is 5.65 Å². The first-order chi connectivity index (χ1) is 14.0. The van der Waals surface area contributed by atoms with Crippen LogP contribution >= 0.6 is 0 Å². The maximum Gasteiger partial charge on any atom is 0.243 e. The van der Waals surface area contributed by atoms with E-state index in [0.29, 0.717) is 24.4 Å². The molecule has 29 heavy (non-hydrogen) atoms. The normalized spacial score (nSPS) is 17.9. The molecule has 1 saturated heterocycles. The van der Waals surface area contributed by atoms with Gasteiger partial charge in [-0.15, -0.1) is 0 Å². The maximum absolute atomic E-state index is 13.1. The summed E-state index contributed by atoms with van der Waals surface area (Å²) in [6.45, 7) is 2.78. The Morgan fingerprint density at radius 1 is 1.14 bits per heavy atom. The summed E-state index contributed by atoms with van der Waals surface area (Å²) in [4.78, 5) is 9.57. The van der Waals surface area contributed by atoms with Crippen molar-refractivity contribution in [2.45, 2.75) is 24.3 Å². The Balaban J connectivity index is 1.53. The number of fused-ring (bicyclic) bond motifs is 1. The van der Waals surface area contributed by atoms with Gasteiger partial charge in [-0.1, -0.05) is 17.7 Å². The Bertz CT molecular complexity index is 1260. The van der Waals surface area contributed by atoms with E-state index in [1.54, 1.807) is 35.2 Å². The van der Waals surface area contributed by atoms with Crippen LogP contribution in [-0.4, -0.2) is 40.3 Å². The van der Waals surface area contributed by atoms with Gasteiger partial charge in [-0.05, 0) is 43.7 Å². The highest BCUT2D eigenvalue weighted by atomic mass is 32.2. The van der Waals surface area contributed by atoms with Crippen LogP contribution in [0.2, 0.25) is 0 Å². The van der Waals surface area contributed by atoms with Crippen molar-refractivity contribution in [1.82, 2.24) is 18.8 Å². The lowest BCUT2D eigenvalue weighted by Crippen LogP contribution is -2.29. The van der Waals surface area contributed by atoms with Crippen LogP contribution in [0.25, 0.3) is 22.6 Å². The van der Waals surface area contributed by atoms with Gasteiger partial charge < -0.3 is 8.98 Å². The summed E-state index contributed by atoms with van der Waals surface area (Å²) in [5.41, 5.74) is 3.42. The molecule has 1 fully saturated rings. The van der Waals surface area contributed by atoms with Crippen molar-refractivity contribution in [3.8, 4) is 11.4 Å². The Morgan fingerprint density at radius 2 is 1.97 bits per heavy atom. The van der Waals surface area contributed by atoms with Crippen LogP contribution in [0.5, 0.6) is 0 Å². The van der Waals surface area contributed by atoms with Gasteiger partial charge >= 0.3 is 0 Å². The summed E-state index contributed by atoms with van der Waals surface area (Å²) >= 11 is 0. The number of nitrogens with zero attached hydrogens (tertiary/aromatic N) is 4. The number of aryl methyl sites for hydroxylation is 1. The molecule has 1 aromatic carbocycles. The van der Waals surface area contributed by atoms with Crippen LogP contribution in [-0.2, 0) is 10.0 Å². The molecule has 5 rings (SSSR count). The Hall–Kier alpha value is -2.97. The van der Waals surface area contributed by atoms with E-state index in [9.17, 15) is 8.42 Å². The number of pyridine rings is 1. The van der Waals surface area contributed by atoms with Gasteiger partial charge in [0.1, 0.15) is 17.6 Å². The second-order valence-corrected chi connectivity index (χ2v) is 9.22. The zero-order chi connectivity index (χ0) is 20.0. The third-order valence-corrected chi connectivity index (χ3v) is 7.26. The number of sulfonamides is 1. The second kappa shape index (κ2) is 6.82. The molecule has 0 spiro atoms. The van der Waals surface area contributed by atoms with Crippen LogP contribution in [0.3, 0.4) is 0 Å². The Labute approximate surface area is 168 Å². The van der Waals surface area contributed by atoms with Crippen molar-refractivity contribution in [3.05, 3.63) is 66.8 Å². The van der Waals surface area contributed by atoms with E-state index >= 15 is 0 Å². The standard InChI is InChI=1S/C21H20N4O3S/c1-15-4-6-18(7-5-15)29(26,27)24-11-8-17(13-24)25-20(16-9-12-28-14-16)23-19-3-2-10-22-21(19)25/h2-7,9-10,12,14,17H,8,11,13H2,1H3/t17-/m0/s1. The molecule has 7 nitrogen and oxygen atoms in total. The van der Waals surface area contributed by atoms with Crippen molar-refractivity contribution < 1.29 is 12.8 Å². The summed E-state index contributed by atoms with van der Waals surface area (Å²) in [6.07, 6.45) is 5.68. The molecule has 3 aromatic heterocycles. The zero-order valence-corrected chi connectivity index (χ0v) is 16.7. The van der Waals surface area contributed by atoms with Crippen molar-refractivity contribution in [3.63, 3.8) is 0 Å². The van der Waals surface area contributed by atoms with Crippen molar-refractivity contribution in [1.29, 1.82) is 0 Å². The van der Waals surface area contributed by atoms with Gasteiger partial charge in [0, 0.05) is 19.3 Å². The minimum atomic E-state index is -3.54. The number of rotatable bonds is 4. The molecule has 0 saturated carbocycles. The molecule has 8 heteroatoms. The number of benzene rings is 1. The van der Waals surface area contributed by atoms with Crippen molar-refractivity contribution in [2.75, 3.05) is 13.1 Å². The third kappa shape index (κ3) is 3.04. The molecule has 4 aromatic rings. The number of hydrogen-bond donors (Lipinski definition) is 0. The van der Waals surface area contributed by atoms with E-state index in [1.165, 1.54) is 0 Å². The molecular weight excluding hydrogens is 388 g/mol. The molecule has 4 heterocycles. The lowest BCUT2D eigenvalue weighted by molar-refractivity contribution is 0.455. The van der Waals surface area contributed by atoms with Crippen LogP contribution in [0.1, 0.15) is 18.0 Å². The van der Waals surface area contributed by atoms with Gasteiger partial charge in [0.05, 0.1) is 22.8 Å². The minimum Gasteiger partial charge on any atom is -0.472 e. The molecule has 0 N–H and O–H groups in total. The van der Waals surface area contributed by atoms with E-state index < -0.39 is 10.0 Å². The number of furan rings is 1. The first-order valence-corrected chi connectivity index (χ1v) is 10.9. The van der Waals surface area contributed by atoms with Gasteiger partial charge in [0.2, 0.25) is 10.0 Å². The lowest BCUT2D eigenvalue weighted by Gasteiger charge is -2.18. The number of aromatic nitrogens is 3. The molecule has 0 radical (unpaired) electrons. The fourth-order valence-electron chi connectivity index (χ4n) is 3.87. The van der Waals surface area contributed by atoms with Crippen molar-refractivity contribution in [2.24, 2.45) is 0 Å². The van der Waals surface area contributed by atoms with Gasteiger partial charge in [-0.25, -0.2) is 18.4 Å². The van der Waals surface area contributed by atoms with E-state index in [-0.39, 0.29) is 6.04 Å². The summed E-state index contributed by atoms with van der Waals surface area (Å²) in [5.74, 6) is 0.743. The van der Waals surface area contributed by atoms with Crippen LogP contribution < -0.4 is 0 Å². The quantitative estimate of drug-likeness (QED) is 0.515. The van der Waals surface area contributed by atoms with Gasteiger partial charge in [-0.2, -0.15) is 4.31 Å². The van der Waals surface area contributed by atoms with Gasteiger partial charge in [0.25, 0.3) is 0 Å². The highest BCUT2D eigenvalue weighted by Gasteiger charge is 2.35. The Morgan fingerprint density at radius 3 is 2.72 bits per heavy atom. The summed E-state index contributed by atoms with van der Waals surface area (Å²) in [6, 6.07) is 12.6. The van der Waals surface area contributed by atoms with E-state index in [1.807, 2.05) is 41.8 Å². The molecule has 0 unspecified atom stereocenters. The van der Waals surface area contributed by atoms with Crippen LogP contribution in [0, 0.1) is 6.92 Å². The first kappa shape index (κ1) is 18.1. The average molecular weight is 408 g/mol. The molecule has 1 aliphatic rings. The monoisotopic (exact) mass is 408 g/mol. The summed E-state index contributed by atoms with van der Waals surface area (Å²) in [7, 11) is -3.54. The molecule has 0 bridgehead atoms. The lowest BCUT2D eigenvalue weighted by atomic mass is 10.2. The van der Waals surface area contributed by atoms with Crippen LogP contribution in [0.4, 0.5) is 0 Å². The zero-order valence-electron chi connectivity index (χ0n) is 15.9. The predicted molar refractivity (Wildman–Crippen MR) is 109 cm³/mol. The second-order valence-electron chi connectivity index (χ2n) is 7.28. The largest absolute Gasteiger partial charge is 0.472 e. The molecular formula is C21H20N4O3S. The summed E-state index contributed by atoms with van der Waals surface area (Å²) < 4.78 is 35.1. The SMILES string of the molecule is Cc1ccc(S(=O)(=O)N2CC[C@H](n3c(-c4ccoc4)nc4cccnc43)C2)cc1. The third-order valence-electron chi connectivity index (χ3n) is 5.38. The number of hydrogen-bond acceptors (Lipinski definition) is 5. The minimum absolute atomic E-state index is 0.0555. The predicted octanol–water partition coefficient (Wildman–Crippen LogP) is 3.64. The molecule has 148 valence electrons. The Kier molecular flexibility index (Phi) is 4.25. The molecule has 0 aliphatic carbocycles. The van der Waals surface area contributed by atoms with Crippen LogP contribution in [0.15, 0.2) is 70.5 Å². The summed E-state index contributed by atoms with van der Waals surface area (Å²) in [5, 5.41) is 0. The highest BCUT2D eigenvalue weighted by molar-refractivity contribution is 7.89. The average Bonchev–Trinajstić information content (AvgIpc) is 3.46. The number of imidazole rings is 1. The molecule has 1 aliphatic heterocycles. The van der Waals surface area contributed by atoms with E-state index in [2.05, 4.69) is 4.98 Å². The molecule has 1 atom stereocenters.